The average molecular weight is 283 g/mol. The van der Waals surface area contributed by atoms with Crippen LogP contribution in [0.2, 0.25) is 5.31 Å². The Bertz CT molecular complexity index is 565. The number of rotatable bonds is 1. The van der Waals surface area contributed by atoms with Gasteiger partial charge in [-0.15, -0.1) is 10.2 Å². The molecule has 3 nitrogen and oxygen atoms in total. The van der Waals surface area contributed by atoms with Crippen molar-refractivity contribution in [1.82, 2.24) is 14.8 Å². The molecule has 0 radical (unpaired) electrons. The molecule has 1 aliphatic heterocycles. The number of nitrogens with zero attached hydrogens (tertiary/aromatic N) is 3. The molecule has 6 rings (SSSR count). The first-order valence-electron chi connectivity index (χ1n) is 9.09. The van der Waals surface area contributed by atoms with E-state index in [2.05, 4.69) is 17.5 Å². The van der Waals surface area contributed by atoms with Gasteiger partial charge in [0.05, 0.1) is 0 Å². The van der Waals surface area contributed by atoms with Crippen molar-refractivity contribution in [3.05, 3.63) is 11.6 Å². The molecule has 0 N–H and O–H groups in total. The highest BCUT2D eigenvalue weighted by molar-refractivity contribution is 6.15. The third-order valence-electron chi connectivity index (χ3n) is 6.94. The number of aromatic nitrogens is 3. The van der Waals surface area contributed by atoms with Crippen molar-refractivity contribution in [2.75, 3.05) is 0 Å². The highest BCUT2D eigenvalue weighted by atomic mass is 15.3. The van der Waals surface area contributed by atoms with Crippen LogP contribution in [0.5, 0.6) is 0 Å². The number of aryl methyl sites for hydroxylation is 1. The molecule has 21 heavy (non-hydrogen) atoms. The highest BCUT2D eigenvalue weighted by Crippen LogP contribution is 2.67. The molecule has 4 saturated carbocycles. The smallest absolute Gasteiger partial charge is 0.139 e. The van der Waals surface area contributed by atoms with E-state index in [1.165, 1.54) is 76.0 Å². The molecule has 2 heterocycles. The summed E-state index contributed by atoms with van der Waals surface area (Å²) in [7, 11) is 2.55. The zero-order valence-electron chi connectivity index (χ0n) is 13.3. The maximum Gasteiger partial charge on any atom is 0.139 e. The fraction of sp³-hybridized carbons (Fsp3) is 0.882. The van der Waals surface area contributed by atoms with Crippen LogP contribution < -0.4 is 0 Å². The molecule has 4 bridgehead atoms. The van der Waals surface area contributed by atoms with E-state index >= 15 is 0 Å². The van der Waals surface area contributed by atoms with Crippen LogP contribution in [-0.2, 0) is 18.4 Å². The Hall–Kier alpha value is -0.795. The first kappa shape index (κ1) is 12.7. The second-order valence-electron chi connectivity index (χ2n) is 8.95. The van der Waals surface area contributed by atoms with Gasteiger partial charge in [-0.3, -0.25) is 0 Å². The summed E-state index contributed by atoms with van der Waals surface area (Å²) in [6.45, 7) is 1.17. The minimum absolute atomic E-state index is 0.383. The van der Waals surface area contributed by atoms with Gasteiger partial charge in [0.1, 0.15) is 19.5 Å². The van der Waals surface area contributed by atoms with Crippen LogP contribution in [0, 0.1) is 11.8 Å². The first-order chi connectivity index (χ1) is 10.2. The minimum atomic E-state index is 0.383. The fourth-order valence-electron chi connectivity index (χ4n) is 6.86. The molecule has 1 aromatic heterocycles. The van der Waals surface area contributed by atoms with Gasteiger partial charge < -0.3 is 4.57 Å². The van der Waals surface area contributed by atoms with Crippen molar-refractivity contribution in [1.29, 1.82) is 0 Å². The average Bonchev–Trinajstić information content (AvgIpc) is 2.67. The molecular weight excluding hydrogens is 257 g/mol. The van der Waals surface area contributed by atoms with E-state index in [-0.39, 0.29) is 0 Å². The molecular formula is C17H26BN3. The van der Waals surface area contributed by atoms with E-state index in [9.17, 15) is 0 Å². The lowest BCUT2D eigenvalue weighted by Gasteiger charge is -2.61. The zero-order chi connectivity index (χ0) is 14.1. The van der Waals surface area contributed by atoms with Gasteiger partial charge in [-0.1, -0.05) is 24.6 Å². The van der Waals surface area contributed by atoms with Gasteiger partial charge in [0.25, 0.3) is 0 Å². The number of hydrogen-bond acceptors (Lipinski definition) is 2. The SMILES string of the molecule is BC12CC3C[C@@H](C1)CC(c1nnc4n1CCCCC4)(C3)C2. The molecule has 4 aliphatic carbocycles. The lowest BCUT2D eigenvalue weighted by atomic mass is 9.39. The molecule has 112 valence electrons. The van der Waals surface area contributed by atoms with Crippen LogP contribution in [0.4, 0.5) is 0 Å². The minimum Gasteiger partial charge on any atom is -0.315 e. The second kappa shape index (κ2) is 4.14. The third kappa shape index (κ3) is 1.80. The monoisotopic (exact) mass is 283 g/mol. The van der Waals surface area contributed by atoms with Crippen molar-refractivity contribution in [3.8, 4) is 0 Å². The molecule has 0 spiro atoms. The number of fused-ring (bicyclic) bond motifs is 1. The van der Waals surface area contributed by atoms with Gasteiger partial charge in [0.2, 0.25) is 0 Å². The molecule has 5 aliphatic rings. The Morgan fingerprint density at radius 2 is 1.81 bits per heavy atom. The van der Waals surface area contributed by atoms with Crippen molar-refractivity contribution in [2.24, 2.45) is 11.8 Å². The lowest BCUT2D eigenvalue weighted by Crippen LogP contribution is -2.52. The molecule has 1 aromatic rings. The highest BCUT2D eigenvalue weighted by Gasteiger charge is 2.58. The predicted octanol–water partition coefficient (Wildman–Crippen LogP) is 2.65. The van der Waals surface area contributed by atoms with Crippen molar-refractivity contribution in [3.63, 3.8) is 0 Å². The largest absolute Gasteiger partial charge is 0.315 e. The molecule has 0 saturated heterocycles. The predicted molar refractivity (Wildman–Crippen MR) is 85.2 cm³/mol. The Labute approximate surface area is 128 Å². The van der Waals surface area contributed by atoms with Gasteiger partial charge in [0.15, 0.2) is 0 Å². The normalized spacial score (nSPS) is 44.6. The lowest BCUT2D eigenvalue weighted by molar-refractivity contribution is -0.00163. The van der Waals surface area contributed by atoms with E-state index in [4.69, 9.17) is 5.10 Å². The van der Waals surface area contributed by atoms with Gasteiger partial charge >= 0.3 is 0 Å². The van der Waals surface area contributed by atoms with Crippen molar-refractivity contribution in [2.45, 2.75) is 81.5 Å². The van der Waals surface area contributed by atoms with E-state index < -0.39 is 0 Å². The Morgan fingerprint density at radius 3 is 2.57 bits per heavy atom. The second-order valence-corrected chi connectivity index (χ2v) is 8.95. The summed E-state index contributed by atoms with van der Waals surface area (Å²) >= 11 is 0. The van der Waals surface area contributed by atoms with Gasteiger partial charge in [0, 0.05) is 18.4 Å². The molecule has 0 aromatic carbocycles. The molecule has 3 unspecified atom stereocenters. The molecule has 4 heteroatoms. The third-order valence-corrected chi connectivity index (χ3v) is 6.94. The van der Waals surface area contributed by atoms with Crippen LogP contribution in [0.25, 0.3) is 0 Å². The van der Waals surface area contributed by atoms with Crippen LogP contribution in [0.1, 0.15) is 69.4 Å². The van der Waals surface area contributed by atoms with Crippen LogP contribution >= 0.6 is 0 Å². The standard InChI is InChI=1S/C17H26BN3/c18-17-9-12-6-13(10-17)8-16(7-12,11-17)15-20-19-14-4-2-1-3-5-21(14)15/h12-13H,1-11,18H2/t12-,13?,16?,17?/m1/s1. The van der Waals surface area contributed by atoms with Gasteiger partial charge in [-0.05, 0) is 50.4 Å². The summed E-state index contributed by atoms with van der Waals surface area (Å²) in [4.78, 5) is 0. The Morgan fingerprint density at radius 1 is 1.00 bits per heavy atom. The van der Waals surface area contributed by atoms with Crippen LogP contribution in [-0.4, -0.2) is 22.6 Å². The van der Waals surface area contributed by atoms with Gasteiger partial charge in [-0.2, -0.15) is 0 Å². The summed E-state index contributed by atoms with van der Waals surface area (Å²) in [5.74, 6) is 4.60. The summed E-state index contributed by atoms with van der Waals surface area (Å²) in [5.41, 5.74) is 0.383. The molecule has 4 fully saturated rings. The summed E-state index contributed by atoms with van der Waals surface area (Å²) in [6, 6.07) is 0. The topological polar surface area (TPSA) is 30.7 Å². The van der Waals surface area contributed by atoms with Crippen LogP contribution in [0.3, 0.4) is 0 Å². The Balaban J connectivity index is 1.59. The molecule has 4 atom stereocenters. The van der Waals surface area contributed by atoms with Gasteiger partial charge in [-0.25, -0.2) is 0 Å². The van der Waals surface area contributed by atoms with Crippen molar-refractivity contribution < 1.29 is 0 Å². The van der Waals surface area contributed by atoms with E-state index in [1.807, 2.05) is 0 Å². The van der Waals surface area contributed by atoms with E-state index in [0.717, 1.165) is 18.3 Å². The Kier molecular flexibility index (Phi) is 2.51. The van der Waals surface area contributed by atoms with E-state index in [0.29, 0.717) is 10.7 Å². The quantitative estimate of drug-likeness (QED) is 0.742. The molecule has 0 amide bonds. The summed E-state index contributed by atoms with van der Waals surface area (Å²) in [6.07, 6.45) is 13.8. The first-order valence-corrected chi connectivity index (χ1v) is 9.09. The summed E-state index contributed by atoms with van der Waals surface area (Å²) in [5, 5.41) is 9.98. The zero-order valence-corrected chi connectivity index (χ0v) is 13.3. The number of hydrogen-bond donors (Lipinski definition) is 0. The van der Waals surface area contributed by atoms with Crippen LogP contribution in [0.15, 0.2) is 0 Å². The maximum atomic E-state index is 4.77. The van der Waals surface area contributed by atoms with E-state index in [1.54, 1.807) is 0 Å². The summed E-state index contributed by atoms with van der Waals surface area (Å²) < 4.78 is 2.55. The maximum absolute atomic E-state index is 4.77. The van der Waals surface area contributed by atoms with Crippen molar-refractivity contribution >= 4 is 7.85 Å². The fourth-order valence-corrected chi connectivity index (χ4v) is 6.86.